The van der Waals surface area contributed by atoms with Gasteiger partial charge in [0.05, 0.1) is 11.4 Å². The van der Waals surface area contributed by atoms with Gasteiger partial charge in [0.25, 0.3) is 0 Å². The fourth-order valence-electron chi connectivity index (χ4n) is 1.59. The Kier molecular flexibility index (Phi) is 2.89. The fraction of sp³-hybridized carbons (Fsp3) is 0.182. The van der Waals surface area contributed by atoms with E-state index in [2.05, 4.69) is 5.10 Å². The molecule has 0 aliphatic carbocycles. The van der Waals surface area contributed by atoms with Crippen LogP contribution in [0.5, 0.6) is 0 Å². The lowest BCUT2D eigenvalue weighted by molar-refractivity contribution is 0.537. The average molecular weight is 235 g/mol. The van der Waals surface area contributed by atoms with Gasteiger partial charge in [-0.3, -0.25) is 4.21 Å². The maximum absolute atomic E-state index is 10.7. The van der Waals surface area contributed by atoms with Crippen molar-refractivity contribution in [3.05, 3.63) is 41.7 Å². The number of rotatable bonds is 2. The molecular formula is C11H11N2O2S-. The van der Waals surface area contributed by atoms with Gasteiger partial charge in [0.15, 0.2) is 0 Å². The van der Waals surface area contributed by atoms with Crippen LogP contribution in [0.25, 0.3) is 5.69 Å². The Labute approximate surface area is 96.2 Å². The normalized spacial score (nSPS) is 12.7. The molecule has 0 saturated carbocycles. The molecule has 4 nitrogen and oxygen atoms in total. The van der Waals surface area contributed by atoms with Crippen molar-refractivity contribution in [2.75, 3.05) is 0 Å². The largest absolute Gasteiger partial charge is 0.768 e. The van der Waals surface area contributed by atoms with Gasteiger partial charge in [0, 0.05) is 10.6 Å². The Balaban J connectivity index is 2.42. The van der Waals surface area contributed by atoms with Gasteiger partial charge in [-0.25, -0.2) is 4.68 Å². The number of aryl methyl sites for hydroxylation is 2. The van der Waals surface area contributed by atoms with E-state index < -0.39 is 11.1 Å². The molecule has 1 atom stereocenters. The summed E-state index contributed by atoms with van der Waals surface area (Å²) in [4.78, 5) is 0.283. The summed E-state index contributed by atoms with van der Waals surface area (Å²) in [7, 11) is 0. The molecule has 0 aliphatic rings. The molecule has 0 bridgehead atoms. The molecule has 0 N–H and O–H groups in total. The van der Waals surface area contributed by atoms with Gasteiger partial charge in [0.2, 0.25) is 0 Å². The highest BCUT2D eigenvalue weighted by atomic mass is 32.2. The summed E-state index contributed by atoms with van der Waals surface area (Å²) in [5.41, 5.74) is 2.82. The Bertz CT molecular complexity index is 531. The van der Waals surface area contributed by atoms with E-state index in [9.17, 15) is 8.76 Å². The first-order valence-corrected chi connectivity index (χ1v) is 5.88. The zero-order valence-corrected chi connectivity index (χ0v) is 9.82. The maximum Gasteiger partial charge on any atom is 0.0649 e. The van der Waals surface area contributed by atoms with Crippen LogP contribution in [-0.2, 0) is 11.1 Å². The lowest BCUT2D eigenvalue weighted by Crippen LogP contribution is -1.99. The van der Waals surface area contributed by atoms with Crippen LogP contribution in [0.15, 0.2) is 35.2 Å². The lowest BCUT2D eigenvalue weighted by atomic mass is 10.3. The van der Waals surface area contributed by atoms with Crippen molar-refractivity contribution in [1.82, 2.24) is 9.78 Å². The topological polar surface area (TPSA) is 58.0 Å². The third-order valence-electron chi connectivity index (χ3n) is 2.28. The smallest absolute Gasteiger partial charge is 0.0649 e. The zero-order valence-electron chi connectivity index (χ0n) is 9.01. The van der Waals surface area contributed by atoms with Gasteiger partial charge in [-0.15, -0.1) is 0 Å². The van der Waals surface area contributed by atoms with Gasteiger partial charge < -0.3 is 4.55 Å². The first kappa shape index (κ1) is 11.0. The van der Waals surface area contributed by atoms with Crippen molar-refractivity contribution in [1.29, 1.82) is 0 Å². The molecule has 2 aromatic rings. The predicted octanol–water partition coefficient (Wildman–Crippen LogP) is 1.73. The van der Waals surface area contributed by atoms with Crippen LogP contribution in [0.2, 0.25) is 0 Å². The molecule has 0 saturated heterocycles. The summed E-state index contributed by atoms with van der Waals surface area (Å²) < 4.78 is 23.2. The SMILES string of the molecule is Cc1cc(C)n(-c2ccc(S(=O)[O-])cc2)n1. The summed E-state index contributed by atoms with van der Waals surface area (Å²) in [6, 6.07) is 8.58. The fourth-order valence-corrected chi connectivity index (χ4v) is 1.95. The van der Waals surface area contributed by atoms with Crippen LogP contribution in [0, 0.1) is 13.8 Å². The van der Waals surface area contributed by atoms with Crippen LogP contribution in [-0.4, -0.2) is 18.5 Å². The quantitative estimate of drug-likeness (QED) is 0.745. The second-order valence-electron chi connectivity index (χ2n) is 3.57. The molecule has 0 aliphatic heterocycles. The van der Waals surface area contributed by atoms with Crippen LogP contribution >= 0.6 is 0 Å². The number of hydrogen-bond acceptors (Lipinski definition) is 3. The highest BCUT2D eigenvalue weighted by molar-refractivity contribution is 7.79. The summed E-state index contributed by atoms with van der Waals surface area (Å²) >= 11 is -2.17. The minimum Gasteiger partial charge on any atom is -0.768 e. The zero-order chi connectivity index (χ0) is 11.7. The van der Waals surface area contributed by atoms with Crippen LogP contribution in [0.4, 0.5) is 0 Å². The molecule has 16 heavy (non-hydrogen) atoms. The van der Waals surface area contributed by atoms with Crippen molar-refractivity contribution in [2.24, 2.45) is 0 Å². The molecule has 1 unspecified atom stereocenters. The summed E-state index contributed by atoms with van der Waals surface area (Å²) in [6.07, 6.45) is 0. The summed E-state index contributed by atoms with van der Waals surface area (Å²) in [5.74, 6) is 0. The van der Waals surface area contributed by atoms with E-state index in [1.165, 1.54) is 0 Å². The molecule has 0 radical (unpaired) electrons. The van der Waals surface area contributed by atoms with Gasteiger partial charge in [0.1, 0.15) is 0 Å². The standard InChI is InChI=1S/C11H12N2O2S/c1-8-7-9(2)13(12-8)10-3-5-11(6-4-10)16(14)15/h3-7H,1-2H3,(H,14,15)/p-1. The number of aromatic nitrogens is 2. The Morgan fingerprint density at radius 2 is 1.88 bits per heavy atom. The van der Waals surface area contributed by atoms with Gasteiger partial charge >= 0.3 is 0 Å². The maximum atomic E-state index is 10.7. The Hall–Kier alpha value is -1.46. The molecule has 0 spiro atoms. The molecule has 0 fully saturated rings. The Morgan fingerprint density at radius 1 is 1.25 bits per heavy atom. The molecule has 0 amide bonds. The number of benzene rings is 1. The first-order chi connectivity index (χ1) is 7.58. The second kappa shape index (κ2) is 4.19. The predicted molar refractivity (Wildman–Crippen MR) is 60.2 cm³/mol. The molecule has 2 rings (SSSR count). The molecule has 84 valence electrons. The third-order valence-corrected chi connectivity index (χ3v) is 2.94. The van der Waals surface area contributed by atoms with Crippen LogP contribution < -0.4 is 0 Å². The van der Waals surface area contributed by atoms with E-state index in [0.29, 0.717) is 0 Å². The van der Waals surface area contributed by atoms with Crippen molar-refractivity contribution in [2.45, 2.75) is 18.7 Å². The minimum absolute atomic E-state index is 0.283. The van der Waals surface area contributed by atoms with Gasteiger partial charge in [-0.1, -0.05) is 0 Å². The second-order valence-corrected chi connectivity index (χ2v) is 4.51. The van der Waals surface area contributed by atoms with Crippen molar-refractivity contribution in [3.8, 4) is 5.69 Å². The van der Waals surface area contributed by atoms with Crippen molar-refractivity contribution in [3.63, 3.8) is 0 Å². The first-order valence-electron chi connectivity index (χ1n) is 4.81. The number of nitrogens with zero attached hydrogens (tertiary/aromatic N) is 2. The van der Waals surface area contributed by atoms with E-state index in [4.69, 9.17) is 0 Å². The van der Waals surface area contributed by atoms with E-state index in [0.717, 1.165) is 17.1 Å². The summed E-state index contributed by atoms with van der Waals surface area (Å²) in [5, 5.41) is 4.32. The van der Waals surface area contributed by atoms with Gasteiger partial charge in [-0.05, 0) is 55.3 Å². The molecule has 5 heteroatoms. The van der Waals surface area contributed by atoms with E-state index in [1.54, 1.807) is 28.9 Å². The molecule has 1 aromatic carbocycles. The monoisotopic (exact) mass is 235 g/mol. The summed E-state index contributed by atoms with van der Waals surface area (Å²) in [6.45, 7) is 3.88. The highest BCUT2D eigenvalue weighted by Crippen LogP contribution is 2.14. The van der Waals surface area contributed by atoms with Crippen LogP contribution in [0.3, 0.4) is 0 Å². The van der Waals surface area contributed by atoms with E-state index >= 15 is 0 Å². The number of hydrogen-bond donors (Lipinski definition) is 0. The lowest BCUT2D eigenvalue weighted by Gasteiger charge is -2.07. The van der Waals surface area contributed by atoms with Crippen molar-refractivity contribution >= 4 is 11.1 Å². The van der Waals surface area contributed by atoms with Crippen LogP contribution in [0.1, 0.15) is 11.4 Å². The molecular weight excluding hydrogens is 224 g/mol. The molecule has 1 heterocycles. The van der Waals surface area contributed by atoms with E-state index in [-0.39, 0.29) is 4.90 Å². The third kappa shape index (κ3) is 2.05. The average Bonchev–Trinajstić information content (AvgIpc) is 2.58. The molecule has 1 aromatic heterocycles. The van der Waals surface area contributed by atoms with Gasteiger partial charge in [-0.2, -0.15) is 5.10 Å². The van der Waals surface area contributed by atoms with E-state index in [1.807, 2.05) is 19.9 Å². The minimum atomic E-state index is -2.17. The highest BCUT2D eigenvalue weighted by Gasteiger charge is 2.03. The Morgan fingerprint density at radius 3 is 2.31 bits per heavy atom. The van der Waals surface area contributed by atoms with Crippen molar-refractivity contribution < 1.29 is 8.76 Å².